The monoisotopic (exact) mass is 568 g/mol. The van der Waals surface area contributed by atoms with Crippen molar-refractivity contribution in [2.24, 2.45) is 0 Å². The molecule has 0 atom stereocenters. The van der Waals surface area contributed by atoms with Crippen LogP contribution in [0.25, 0.3) is 11.8 Å². The van der Waals surface area contributed by atoms with Gasteiger partial charge in [0.05, 0.1) is 22.1 Å². The molecule has 0 N–H and O–H groups in total. The number of amides is 2. The number of anilines is 1. The Hall–Kier alpha value is -3.63. The second-order valence-electron chi connectivity index (χ2n) is 9.64. The molecule has 0 unspecified atom stereocenters. The summed E-state index contributed by atoms with van der Waals surface area (Å²) in [5, 5.41) is 11.7. The number of aryl methyl sites for hydroxylation is 1. The van der Waals surface area contributed by atoms with Crippen LogP contribution in [0.1, 0.15) is 41.8 Å². The number of hydrogen-bond acceptors (Lipinski definition) is 6. The Kier molecular flexibility index (Phi) is 7.51. The van der Waals surface area contributed by atoms with E-state index in [1.165, 1.54) is 12.1 Å². The SMILES string of the molecule is Cc1cc(/C=C2\SC(=O)N(Cc3ccc(F)cc3Cl)C2=O)c(C)n1-c1ccc(N2CCCCC2)c([N+](=O)[O-])c1. The van der Waals surface area contributed by atoms with Crippen molar-refractivity contribution in [3.05, 3.63) is 90.8 Å². The quantitative estimate of drug-likeness (QED) is 0.180. The zero-order valence-corrected chi connectivity index (χ0v) is 23.0. The van der Waals surface area contributed by atoms with Gasteiger partial charge in [0, 0.05) is 35.6 Å². The van der Waals surface area contributed by atoms with Gasteiger partial charge in [-0.05, 0) is 92.4 Å². The summed E-state index contributed by atoms with van der Waals surface area (Å²) in [4.78, 5) is 40.8. The predicted octanol–water partition coefficient (Wildman–Crippen LogP) is 7.02. The number of nitrogens with zero attached hydrogens (tertiary/aromatic N) is 4. The largest absolute Gasteiger partial charge is 0.366 e. The number of carbonyl (C=O) groups is 2. The summed E-state index contributed by atoms with van der Waals surface area (Å²) >= 11 is 6.92. The second-order valence-corrected chi connectivity index (χ2v) is 11.0. The summed E-state index contributed by atoms with van der Waals surface area (Å²) in [5.41, 5.74) is 4.13. The number of nitro benzene ring substituents is 1. The van der Waals surface area contributed by atoms with Crippen LogP contribution in [0.4, 0.5) is 20.6 Å². The lowest BCUT2D eigenvalue weighted by atomic mass is 10.1. The fourth-order valence-electron chi connectivity index (χ4n) is 5.13. The molecule has 2 aliphatic rings. The number of halogens is 2. The van der Waals surface area contributed by atoms with Crippen LogP contribution in [0.15, 0.2) is 47.4 Å². The van der Waals surface area contributed by atoms with Gasteiger partial charge < -0.3 is 9.47 Å². The van der Waals surface area contributed by atoms with E-state index >= 15 is 0 Å². The van der Waals surface area contributed by atoms with E-state index in [2.05, 4.69) is 4.90 Å². The number of carbonyl (C=O) groups excluding carboxylic acids is 2. The molecule has 0 spiro atoms. The first-order valence-corrected chi connectivity index (χ1v) is 13.8. The highest BCUT2D eigenvalue weighted by atomic mass is 35.5. The number of thioether (sulfide) groups is 1. The van der Waals surface area contributed by atoms with E-state index in [9.17, 15) is 24.1 Å². The maximum absolute atomic E-state index is 13.4. The number of hydrogen-bond donors (Lipinski definition) is 0. The van der Waals surface area contributed by atoms with Crippen molar-refractivity contribution in [3.63, 3.8) is 0 Å². The Morgan fingerprint density at radius 1 is 1.08 bits per heavy atom. The van der Waals surface area contributed by atoms with Crippen molar-refractivity contribution >= 4 is 52.0 Å². The molecule has 0 aliphatic carbocycles. The average Bonchev–Trinajstić information content (AvgIpc) is 3.34. The van der Waals surface area contributed by atoms with Gasteiger partial charge in [-0.2, -0.15) is 0 Å². The summed E-state index contributed by atoms with van der Waals surface area (Å²) in [7, 11) is 0. The summed E-state index contributed by atoms with van der Waals surface area (Å²) in [6, 6.07) is 11.0. The van der Waals surface area contributed by atoms with Gasteiger partial charge in [0.15, 0.2) is 0 Å². The summed E-state index contributed by atoms with van der Waals surface area (Å²) < 4.78 is 15.3. The number of benzene rings is 2. The van der Waals surface area contributed by atoms with Crippen molar-refractivity contribution in [2.75, 3.05) is 18.0 Å². The molecule has 39 heavy (non-hydrogen) atoms. The molecule has 1 aromatic heterocycles. The van der Waals surface area contributed by atoms with Crippen LogP contribution in [-0.2, 0) is 11.3 Å². The highest BCUT2D eigenvalue weighted by Gasteiger charge is 2.35. The number of rotatable bonds is 6. The van der Waals surface area contributed by atoms with Crippen molar-refractivity contribution in [1.82, 2.24) is 9.47 Å². The summed E-state index contributed by atoms with van der Waals surface area (Å²) in [5.74, 6) is -0.962. The third kappa shape index (κ3) is 5.31. The molecule has 11 heteroatoms. The Balaban J connectivity index is 1.44. The standard InChI is InChI=1S/C28H26ClFN4O4S/c1-17-12-20(13-26-27(35)32(28(36)39-26)16-19-6-7-21(30)14-23(19)29)18(2)33(17)22-8-9-24(25(15-22)34(37)38)31-10-4-3-5-11-31/h6-9,12-15H,3-5,10-11,16H2,1-2H3/b26-13-. The third-order valence-corrected chi connectivity index (χ3v) is 8.34. The highest BCUT2D eigenvalue weighted by Crippen LogP contribution is 2.37. The van der Waals surface area contributed by atoms with Crippen LogP contribution in [0.5, 0.6) is 0 Å². The Morgan fingerprint density at radius 3 is 2.51 bits per heavy atom. The second kappa shape index (κ2) is 10.9. The van der Waals surface area contributed by atoms with Crippen LogP contribution in [0.3, 0.4) is 0 Å². The number of aromatic nitrogens is 1. The van der Waals surface area contributed by atoms with Gasteiger partial charge in [0.2, 0.25) is 0 Å². The lowest BCUT2D eigenvalue weighted by Crippen LogP contribution is -2.30. The summed E-state index contributed by atoms with van der Waals surface area (Å²) in [6.07, 6.45) is 4.82. The molecule has 0 radical (unpaired) electrons. The van der Waals surface area contributed by atoms with Crippen LogP contribution in [-0.4, -0.2) is 38.6 Å². The van der Waals surface area contributed by atoms with Crippen LogP contribution < -0.4 is 4.90 Å². The fourth-order valence-corrected chi connectivity index (χ4v) is 6.18. The van der Waals surface area contributed by atoms with E-state index in [1.54, 1.807) is 12.1 Å². The molecule has 2 fully saturated rings. The molecular formula is C28H26ClFN4O4S. The topological polar surface area (TPSA) is 88.7 Å². The van der Waals surface area contributed by atoms with Crippen molar-refractivity contribution in [2.45, 2.75) is 39.7 Å². The molecule has 2 saturated heterocycles. The van der Waals surface area contributed by atoms with E-state index < -0.39 is 17.0 Å². The summed E-state index contributed by atoms with van der Waals surface area (Å²) in [6.45, 7) is 5.29. The zero-order valence-electron chi connectivity index (χ0n) is 21.4. The molecule has 5 rings (SSSR count). The van der Waals surface area contributed by atoms with Gasteiger partial charge in [-0.3, -0.25) is 24.6 Å². The first-order chi connectivity index (χ1) is 18.6. The van der Waals surface area contributed by atoms with Gasteiger partial charge in [-0.25, -0.2) is 4.39 Å². The molecule has 3 heterocycles. The lowest BCUT2D eigenvalue weighted by molar-refractivity contribution is -0.384. The maximum atomic E-state index is 13.4. The average molecular weight is 569 g/mol. The van der Waals surface area contributed by atoms with Crippen molar-refractivity contribution in [3.8, 4) is 5.69 Å². The Bertz CT molecular complexity index is 1530. The van der Waals surface area contributed by atoms with Crippen LogP contribution >= 0.6 is 23.4 Å². The van der Waals surface area contributed by atoms with Gasteiger partial charge >= 0.3 is 0 Å². The van der Waals surface area contributed by atoms with E-state index in [0.29, 0.717) is 16.9 Å². The van der Waals surface area contributed by atoms with Crippen LogP contribution in [0.2, 0.25) is 5.02 Å². The first kappa shape index (κ1) is 27.0. The Morgan fingerprint density at radius 2 is 1.82 bits per heavy atom. The zero-order chi connectivity index (χ0) is 27.8. The minimum atomic E-state index is -0.500. The van der Waals surface area contributed by atoms with Gasteiger partial charge in [-0.1, -0.05) is 17.7 Å². The van der Waals surface area contributed by atoms with Gasteiger partial charge in [0.1, 0.15) is 11.5 Å². The fraction of sp³-hybridized carbons (Fsp3) is 0.286. The highest BCUT2D eigenvalue weighted by molar-refractivity contribution is 8.18. The smallest absolute Gasteiger partial charge is 0.294 e. The van der Waals surface area contributed by atoms with E-state index in [4.69, 9.17) is 11.6 Å². The molecule has 0 bridgehead atoms. The van der Waals surface area contributed by atoms with Crippen molar-refractivity contribution < 1.29 is 18.9 Å². The third-order valence-electron chi connectivity index (χ3n) is 7.08. The first-order valence-electron chi connectivity index (χ1n) is 12.6. The number of nitro groups is 1. The lowest BCUT2D eigenvalue weighted by Gasteiger charge is -2.28. The molecular weight excluding hydrogens is 543 g/mol. The molecule has 2 aromatic carbocycles. The van der Waals surface area contributed by atoms with Crippen molar-refractivity contribution in [1.29, 1.82) is 0 Å². The molecule has 0 saturated carbocycles. The van der Waals surface area contributed by atoms with E-state index in [0.717, 1.165) is 72.0 Å². The van der Waals surface area contributed by atoms with E-state index in [-0.39, 0.29) is 27.1 Å². The molecule has 2 amide bonds. The maximum Gasteiger partial charge on any atom is 0.294 e. The Labute approximate surface area is 234 Å². The molecule has 3 aromatic rings. The van der Waals surface area contributed by atoms with Gasteiger partial charge in [-0.15, -0.1) is 0 Å². The number of imide groups is 1. The normalized spacial score (nSPS) is 17.0. The molecule has 2 aliphatic heterocycles. The van der Waals surface area contributed by atoms with E-state index in [1.807, 2.05) is 36.6 Å². The molecule has 8 nitrogen and oxygen atoms in total. The minimum Gasteiger partial charge on any atom is -0.366 e. The number of piperidine rings is 1. The van der Waals surface area contributed by atoms with Crippen LogP contribution in [0, 0.1) is 29.8 Å². The predicted molar refractivity (Wildman–Crippen MR) is 151 cm³/mol. The van der Waals surface area contributed by atoms with Gasteiger partial charge in [0.25, 0.3) is 16.8 Å². The molecule has 202 valence electrons. The minimum absolute atomic E-state index is 0.0593.